The van der Waals surface area contributed by atoms with Crippen molar-refractivity contribution in [2.75, 3.05) is 6.61 Å². The number of halogens is 3. The summed E-state index contributed by atoms with van der Waals surface area (Å²) in [5.74, 6) is -2.89. The van der Waals surface area contributed by atoms with Gasteiger partial charge in [0, 0.05) is 29.2 Å². The Kier molecular flexibility index (Phi) is 3.61. The number of aryl methyl sites for hydroxylation is 1. The van der Waals surface area contributed by atoms with E-state index in [0.29, 0.717) is 5.69 Å². The predicted octanol–water partition coefficient (Wildman–Crippen LogP) is 2.33. The van der Waals surface area contributed by atoms with Crippen molar-refractivity contribution in [1.29, 1.82) is 0 Å². The maximum Gasteiger partial charge on any atom is 0.432 e. The van der Waals surface area contributed by atoms with Gasteiger partial charge in [-0.15, -0.1) is 0 Å². The number of esters is 2. The minimum atomic E-state index is -5.24. The second kappa shape index (κ2) is 5.22. The average molecular weight is 357 g/mol. The third kappa shape index (κ3) is 2.15. The summed E-state index contributed by atoms with van der Waals surface area (Å²) >= 11 is 0. The fourth-order valence-electron chi connectivity index (χ4n) is 2.97. The van der Waals surface area contributed by atoms with E-state index in [9.17, 15) is 27.9 Å². The fraction of sp³-hybridized carbons (Fsp3) is 0.375. The second-order valence-corrected chi connectivity index (χ2v) is 5.70. The first-order chi connectivity index (χ1) is 11.5. The SMILES string of the molecule is CCOC(=O)c1c(C)n(C)c2cc3c(cc12)OC(=O)[C@]3(O)C(F)(F)F. The molecule has 2 heterocycles. The molecule has 0 saturated heterocycles. The third-order valence-corrected chi connectivity index (χ3v) is 4.37. The Bertz CT molecular complexity index is 915. The molecule has 0 unspecified atom stereocenters. The van der Waals surface area contributed by atoms with E-state index in [1.54, 1.807) is 20.9 Å². The molecule has 1 atom stereocenters. The number of aromatic nitrogens is 1. The molecule has 6 nitrogen and oxygen atoms in total. The molecule has 1 aliphatic rings. The minimum absolute atomic E-state index is 0.127. The summed E-state index contributed by atoms with van der Waals surface area (Å²) in [5.41, 5.74) is -3.56. The molecule has 0 spiro atoms. The van der Waals surface area contributed by atoms with Crippen molar-refractivity contribution in [3.8, 4) is 5.75 Å². The fourth-order valence-corrected chi connectivity index (χ4v) is 2.97. The largest absolute Gasteiger partial charge is 0.462 e. The predicted molar refractivity (Wildman–Crippen MR) is 79.2 cm³/mol. The molecule has 1 N–H and O–H groups in total. The number of carbonyl (C=O) groups excluding carboxylic acids is 2. The molecule has 0 bridgehead atoms. The summed E-state index contributed by atoms with van der Waals surface area (Å²) in [6.07, 6.45) is -5.24. The van der Waals surface area contributed by atoms with E-state index in [0.717, 1.165) is 12.1 Å². The lowest BCUT2D eigenvalue weighted by Crippen LogP contribution is -2.47. The number of hydrogen-bond acceptors (Lipinski definition) is 5. The van der Waals surface area contributed by atoms with Gasteiger partial charge in [-0.05, 0) is 26.0 Å². The zero-order chi connectivity index (χ0) is 18.7. The van der Waals surface area contributed by atoms with E-state index in [4.69, 9.17) is 4.74 Å². The molecule has 0 saturated carbocycles. The molecule has 0 aliphatic carbocycles. The van der Waals surface area contributed by atoms with Crippen LogP contribution in [0.5, 0.6) is 5.75 Å². The summed E-state index contributed by atoms with van der Waals surface area (Å²) < 4.78 is 50.9. The topological polar surface area (TPSA) is 77.8 Å². The number of benzene rings is 1. The lowest BCUT2D eigenvalue weighted by Gasteiger charge is -2.22. The number of alkyl halides is 3. The molecular formula is C16H14F3NO5. The van der Waals surface area contributed by atoms with Gasteiger partial charge >= 0.3 is 18.1 Å². The molecule has 2 aromatic rings. The van der Waals surface area contributed by atoms with Crippen molar-refractivity contribution in [1.82, 2.24) is 4.57 Å². The molecule has 25 heavy (non-hydrogen) atoms. The van der Waals surface area contributed by atoms with Crippen molar-refractivity contribution >= 4 is 22.8 Å². The van der Waals surface area contributed by atoms with Crippen LogP contribution in [0.25, 0.3) is 10.9 Å². The number of fused-ring (bicyclic) bond motifs is 2. The van der Waals surface area contributed by atoms with Gasteiger partial charge in [-0.3, -0.25) is 0 Å². The first-order valence-corrected chi connectivity index (χ1v) is 7.36. The van der Waals surface area contributed by atoms with Crippen molar-refractivity contribution in [3.63, 3.8) is 0 Å². The zero-order valence-electron chi connectivity index (χ0n) is 13.5. The molecule has 0 amide bonds. The van der Waals surface area contributed by atoms with Crippen LogP contribution >= 0.6 is 0 Å². The van der Waals surface area contributed by atoms with Crippen molar-refractivity contribution in [2.24, 2.45) is 7.05 Å². The Hall–Kier alpha value is -2.55. The van der Waals surface area contributed by atoms with Crippen LogP contribution in [0.2, 0.25) is 0 Å². The van der Waals surface area contributed by atoms with Gasteiger partial charge in [0.2, 0.25) is 0 Å². The quantitative estimate of drug-likeness (QED) is 0.659. The van der Waals surface area contributed by atoms with Crippen molar-refractivity contribution in [3.05, 3.63) is 29.0 Å². The van der Waals surface area contributed by atoms with Crippen molar-refractivity contribution in [2.45, 2.75) is 25.6 Å². The highest BCUT2D eigenvalue weighted by Crippen LogP contribution is 2.49. The highest BCUT2D eigenvalue weighted by molar-refractivity contribution is 6.07. The first-order valence-electron chi connectivity index (χ1n) is 7.36. The number of ether oxygens (including phenoxy) is 2. The Balaban J connectivity index is 2.32. The smallest absolute Gasteiger partial charge is 0.432 e. The molecule has 1 aromatic heterocycles. The van der Waals surface area contributed by atoms with E-state index >= 15 is 0 Å². The number of rotatable bonds is 2. The van der Waals surface area contributed by atoms with E-state index in [2.05, 4.69) is 4.74 Å². The number of hydrogen-bond donors (Lipinski definition) is 1. The summed E-state index contributed by atoms with van der Waals surface area (Å²) in [4.78, 5) is 23.9. The van der Waals surface area contributed by atoms with E-state index in [-0.39, 0.29) is 23.1 Å². The molecular weight excluding hydrogens is 343 g/mol. The minimum Gasteiger partial charge on any atom is -0.462 e. The molecule has 0 radical (unpaired) electrons. The highest BCUT2D eigenvalue weighted by Gasteiger charge is 2.66. The Morgan fingerprint density at radius 2 is 2.04 bits per heavy atom. The number of aliphatic hydroxyl groups is 1. The van der Waals surface area contributed by atoms with E-state index in [1.807, 2.05) is 0 Å². The van der Waals surface area contributed by atoms with E-state index < -0.39 is 35.0 Å². The first kappa shape index (κ1) is 17.3. The van der Waals surface area contributed by atoms with Crippen LogP contribution in [0.1, 0.15) is 28.5 Å². The lowest BCUT2D eigenvalue weighted by molar-refractivity contribution is -0.258. The van der Waals surface area contributed by atoms with Crippen LogP contribution in [0.3, 0.4) is 0 Å². The normalized spacial score (nSPS) is 19.9. The van der Waals surface area contributed by atoms with E-state index in [1.165, 1.54) is 4.57 Å². The average Bonchev–Trinajstić information content (AvgIpc) is 2.91. The lowest BCUT2D eigenvalue weighted by atomic mass is 9.93. The third-order valence-electron chi connectivity index (χ3n) is 4.37. The summed E-state index contributed by atoms with van der Waals surface area (Å²) in [5, 5.41) is 10.2. The molecule has 0 fully saturated rings. The maximum atomic E-state index is 13.3. The van der Waals surface area contributed by atoms with Gasteiger partial charge < -0.3 is 19.1 Å². The zero-order valence-corrected chi connectivity index (χ0v) is 13.5. The van der Waals surface area contributed by atoms with Crippen LogP contribution in [-0.2, 0) is 22.2 Å². The molecule has 9 heteroatoms. The van der Waals surface area contributed by atoms with Gasteiger partial charge in [0.25, 0.3) is 5.60 Å². The van der Waals surface area contributed by atoms with Gasteiger partial charge in [0.1, 0.15) is 5.75 Å². The van der Waals surface area contributed by atoms with Crippen LogP contribution in [-0.4, -0.2) is 34.4 Å². The molecule has 134 valence electrons. The molecule has 1 aromatic carbocycles. The maximum absolute atomic E-state index is 13.3. The van der Waals surface area contributed by atoms with Gasteiger partial charge in [-0.2, -0.15) is 13.2 Å². The Labute approximate surface area is 139 Å². The van der Waals surface area contributed by atoms with Crippen LogP contribution < -0.4 is 4.74 Å². The standard InChI is InChI=1S/C16H14F3NO5/c1-4-24-13(21)12-7(2)20(3)10-6-9-11(5-8(10)12)25-14(22)15(9,23)16(17,18)19/h5-6,23H,4H2,1-3H3/t15-/m0/s1. The summed E-state index contributed by atoms with van der Waals surface area (Å²) in [6.45, 7) is 3.36. The van der Waals surface area contributed by atoms with Gasteiger partial charge in [-0.1, -0.05) is 0 Å². The molecule has 3 rings (SSSR count). The van der Waals surface area contributed by atoms with Crippen LogP contribution in [0.4, 0.5) is 13.2 Å². The summed E-state index contributed by atoms with van der Waals surface area (Å²) in [6, 6.07) is 2.16. The second-order valence-electron chi connectivity index (χ2n) is 5.70. The monoisotopic (exact) mass is 357 g/mol. The Morgan fingerprint density at radius 3 is 2.60 bits per heavy atom. The van der Waals surface area contributed by atoms with Gasteiger partial charge in [-0.25, -0.2) is 9.59 Å². The van der Waals surface area contributed by atoms with Gasteiger partial charge in [0.15, 0.2) is 0 Å². The van der Waals surface area contributed by atoms with Crippen LogP contribution in [0.15, 0.2) is 12.1 Å². The van der Waals surface area contributed by atoms with Crippen LogP contribution in [0, 0.1) is 6.92 Å². The van der Waals surface area contributed by atoms with Crippen molar-refractivity contribution < 1.29 is 37.3 Å². The molecule has 1 aliphatic heterocycles. The number of nitrogens with zero attached hydrogens (tertiary/aromatic N) is 1. The highest BCUT2D eigenvalue weighted by atomic mass is 19.4. The van der Waals surface area contributed by atoms with Gasteiger partial charge in [0.05, 0.1) is 12.2 Å². The summed E-state index contributed by atoms with van der Waals surface area (Å²) in [7, 11) is 1.55. The Morgan fingerprint density at radius 1 is 1.40 bits per heavy atom. The number of carbonyl (C=O) groups is 2.